The van der Waals surface area contributed by atoms with E-state index in [4.69, 9.17) is 5.11 Å². The van der Waals surface area contributed by atoms with Gasteiger partial charge in [-0.15, -0.1) is 6.58 Å². The van der Waals surface area contributed by atoms with Gasteiger partial charge in [-0.05, 0) is 13.3 Å². The first-order valence-corrected chi connectivity index (χ1v) is 6.84. The van der Waals surface area contributed by atoms with Crippen molar-refractivity contribution in [1.82, 2.24) is 5.32 Å². The Bertz CT molecular complexity index is 388. The summed E-state index contributed by atoms with van der Waals surface area (Å²) in [6.45, 7) is 4.76. The van der Waals surface area contributed by atoms with E-state index in [9.17, 15) is 18.0 Å². The van der Waals surface area contributed by atoms with E-state index in [-0.39, 0.29) is 25.1 Å². The molecule has 0 aliphatic rings. The maximum Gasteiger partial charge on any atom is 0.303 e. The Morgan fingerprint density at radius 1 is 1.47 bits per heavy atom. The Morgan fingerprint density at radius 3 is 2.53 bits per heavy atom. The number of carbonyl (C=O) groups excluding carboxylic acids is 1. The fourth-order valence-electron chi connectivity index (χ4n) is 1.07. The fraction of sp³-hybridized carbons (Fsp3) is 0.600. The van der Waals surface area contributed by atoms with Gasteiger partial charge in [-0.2, -0.15) is 0 Å². The van der Waals surface area contributed by atoms with E-state index in [0.717, 1.165) is 0 Å². The molecular weight excluding hydrogens is 246 g/mol. The van der Waals surface area contributed by atoms with Gasteiger partial charge in [0.1, 0.15) is 5.25 Å². The van der Waals surface area contributed by atoms with Crippen LogP contribution in [0.4, 0.5) is 0 Å². The van der Waals surface area contributed by atoms with Gasteiger partial charge in [0, 0.05) is 13.0 Å². The van der Waals surface area contributed by atoms with Crippen LogP contribution in [-0.4, -0.2) is 42.9 Å². The second-order valence-corrected chi connectivity index (χ2v) is 5.91. The molecule has 1 atom stereocenters. The van der Waals surface area contributed by atoms with Gasteiger partial charge in [-0.25, -0.2) is 8.42 Å². The van der Waals surface area contributed by atoms with Crippen LogP contribution < -0.4 is 5.32 Å². The smallest absolute Gasteiger partial charge is 0.303 e. The Kier molecular flexibility index (Phi) is 6.48. The highest BCUT2D eigenvalue weighted by molar-refractivity contribution is 7.92. The summed E-state index contributed by atoms with van der Waals surface area (Å²) in [6.07, 6.45) is 1.44. The van der Waals surface area contributed by atoms with Crippen molar-refractivity contribution in [3.8, 4) is 0 Å². The molecule has 0 heterocycles. The van der Waals surface area contributed by atoms with Crippen molar-refractivity contribution < 1.29 is 23.1 Å². The van der Waals surface area contributed by atoms with E-state index in [1.807, 2.05) is 0 Å². The molecule has 1 unspecified atom stereocenters. The van der Waals surface area contributed by atoms with Crippen LogP contribution in [0, 0.1) is 0 Å². The minimum atomic E-state index is -3.51. The molecule has 0 aromatic rings. The first kappa shape index (κ1) is 15.6. The number of nitrogens with one attached hydrogen (secondary N) is 1. The normalized spacial score (nSPS) is 12.8. The maximum absolute atomic E-state index is 11.5. The van der Waals surface area contributed by atoms with Crippen molar-refractivity contribution in [3.05, 3.63) is 12.7 Å². The van der Waals surface area contributed by atoms with Crippen LogP contribution in [0.25, 0.3) is 0 Å². The minimum absolute atomic E-state index is 0.0614. The molecule has 0 aliphatic heterocycles. The third-order valence-corrected chi connectivity index (χ3v) is 4.12. The molecule has 0 spiro atoms. The van der Waals surface area contributed by atoms with Crippen LogP contribution in [-0.2, 0) is 19.4 Å². The molecule has 0 radical (unpaired) electrons. The Labute approximate surface area is 101 Å². The van der Waals surface area contributed by atoms with E-state index in [1.165, 1.54) is 13.0 Å². The fourth-order valence-corrected chi connectivity index (χ4v) is 2.09. The van der Waals surface area contributed by atoms with Gasteiger partial charge in [-0.3, -0.25) is 9.59 Å². The molecule has 1 amide bonds. The molecule has 0 rings (SSSR count). The summed E-state index contributed by atoms with van der Waals surface area (Å²) in [5, 5.41) is 9.61. The van der Waals surface area contributed by atoms with Crippen molar-refractivity contribution in [2.45, 2.75) is 25.0 Å². The Hall–Kier alpha value is -1.37. The van der Waals surface area contributed by atoms with E-state index < -0.39 is 27.0 Å². The number of carboxylic acid groups (broad SMARTS) is 1. The minimum Gasteiger partial charge on any atom is -0.481 e. The SMILES string of the molecule is C=CCS(=O)(=O)C(C)C(=O)NCCCC(=O)O. The van der Waals surface area contributed by atoms with E-state index in [0.29, 0.717) is 0 Å². The van der Waals surface area contributed by atoms with Gasteiger partial charge in [0.2, 0.25) is 5.91 Å². The number of hydrogen-bond acceptors (Lipinski definition) is 4. The number of hydrogen-bond donors (Lipinski definition) is 2. The van der Waals surface area contributed by atoms with Crippen molar-refractivity contribution in [2.24, 2.45) is 0 Å². The average Bonchev–Trinajstić information content (AvgIpc) is 2.22. The van der Waals surface area contributed by atoms with Crippen LogP contribution in [0.5, 0.6) is 0 Å². The number of amides is 1. The standard InChI is InChI=1S/C10H17NO5S/c1-3-7-17(15,16)8(2)10(14)11-6-4-5-9(12)13/h3,8H,1,4-7H2,2H3,(H,11,14)(H,12,13). The zero-order valence-corrected chi connectivity index (χ0v) is 10.5. The van der Waals surface area contributed by atoms with Crippen LogP contribution in [0.3, 0.4) is 0 Å². The number of aliphatic carboxylic acids is 1. The van der Waals surface area contributed by atoms with Gasteiger partial charge < -0.3 is 10.4 Å². The van der Waals surface area contributed by atoms with E-state index in [2.05, 4.69) is 11.9 Å². The zero-order chi connectivity index (χ0) is 13.5. The highest BCUT2D eigenvalue weighted by atomic mass is 32.2. The molecule has 0 bridgehead atoms. The van der Waals surface area contributed by atoms with Crippen molar-refractivity contribution in [2.75, 3.05) is 12.3 Å². The molecular formula is C10H17NO5S. The Balaban J connectivity index is 4.15. The van der Waals surface area contributed by atoms with E-state index >= 15 is 0 Å². The highest BCUT2D eigenvalue weighted by Crippen LogP contribution is 2.02. The van der Waals surface area contributed by atoms with Crippen LogP contribution in [0.15, 0.2) is 12.7 Å². The second kappa shape index (κ2) is 7.05. The van der Waals surface area contributed by atoms with Crippen LogP contribution >= 0.6 is 0 Å². The van der Waals surface area contributed by atoms with Crippen LogP contribution in [0.2, 0.25) is 0 Å². The second-order valence-electron chi connectivity index (χ2n) is 3.55. The lowest BCUT2D eigenvalue weighted by Crippen LogP contribution is -2.39. The summed E-state index contributed by atoms with van der Waals surface area (Å²) in [7, 11) is -3.51. The molecule has 0 aromatic heterocycles. The van der Waals surface area contributed by atoms with Gasteiger partial charge in [-0.1, -0.05) is 6.08 Å². The quantitative estimate of drug-likeness (QED) is 0.472. The molecule has 7 heteroatoms. The summed E-state index contributed by atoms with van der Waals surface area (Å²) >= 11 is 0. The summed E-state index contributed by atoms with van der Waals surface area (Å²) in [5.41, 5.74) is 0. The third kappa shape index (κ3) is 6.06. The number of rotatable bonds is 8. The molecule has 0 aromatic carbocycles. The zero-order valence-electron chi connectivity index (χ0n) is 9.68. The summed E-state index contributed by atoms with van der Waals surface area (Å²) in [5.74, 6) is -1.82. The predicted octanol–water partition coefficient (Wildman–Crippen LogP) is -0.0433. The van der Waals surface area contributed by atoms with Crippen molar-refractivity contribution in [3.63, 3.8) is 0 Å². The first-order valence-electron chi connectivity index (χ1n) is 5.13. The third-order valence-electron chi connectivity index (χ3n) is 2.12. The number of carboxylic acids is 1. The monoisotopic (exact) mass is 263 g/mol. The Morgan fingerprint density at radius 2 is 2.06 bits per heavy atom. The lowest BCUT2D eigenvalue weighted by molar-refractivity contribution is -0.137. The van der Waals surface area contributed by atoms with Gasteiger partial charge in [0.05, 0.1) is 5.75 Å². The molecule has 0 fully saturated rings. The lowest BCUT2D eigenvalue weighted by atomic mass is 10.3. The summed E-state index contributed by atoms with van der Waals surface area (Å²) in [4.78, 5) is 21.6. The van der Waals surface area contributed by atoms with Gasteiger partial charge in [0.25, 0.3) is 0 Å². The molecule has 17 heavy (non-hydrogen) atoms. The van der Waals surface area contributed by atoms with Gasteiger partial charge in [0.15, 0.2) is 9.84 Å². The average molecular weight is 263 g/mol. The van der Waals surface area contributed by atoms with Crippen molar-refractivity contribution in [1.29, 1.82) is 0 Å². The van der Waals surface area contributed by atoms with Crippen LogP contribution in [0.1, 0.15) is 19.8 Å². The lowest BCUT2D eigenvalue weighted by Gasteiger charge is -2.11. The highest BCUT2D eigenvalue weighted by Gasteiger charge is 2.26. The first-order chi connectivity index (χ1) is 7.81. The largest absolute Gasteiger partial charge is 0.481 e. The molecule has 6 nitrogen and oxygen atoms in total. The van der Waals surface area contributed by atoms with Crippen molar-refractivity contribution >= 4 is 21.7 Å². The van der Waals surface area contributed by atoms with Gasteiger partial charge >= 0.3 is 5.97 Å². The number of sulfone groups is 1. The van der Waals surface area contributed by atoms with E-state index in [1.54, 1.807) is 0 Å². The molecule has 2 N–H and O–H groups in total. The predicted molar refractivity (Wildman–Crippen MR) is 63.3 cm³/mol. The topological polar surface area (TPSA) is 101 Å². The summed E-state index contributed by atoms with van der Waals surface area (Å²) in [6, 6.07) is 0. The molecule has 0 aliphatic carbocycles. The number of carbonyl (C=O) groups is 2. The summed E-state index contributed by atoms with van der Waals surface area (Å²) < 4.78 is 23.0. The molecule has 0 saturated heterocycles. The molecule has 0 saturated carbocycles. The molecule has 98 valence electrons. The maximum atomic E-state index is 11.5.